The van der Waals surface area contributed by atoms with Gasteiger partial charge in [-0.15, -0.1) is 11.8 Å². The van der Waals surface area contributed by atoms with Crippen molar-refractivity contribution in [1.82, 2.24) is 10.3 Å². The summed E-state index contributed by atoms with van der Waals surface area (Å²) in [6.07, 6.45) is 1.94. The van der Waals surface area contributed by atoms with Gasteiger partial charge >= 0.3 is 0 Å². The average molecular weight is 376 g/mol. The highest BCUT2D eigenvalue weighted by Crippen LogP contribution is 2.27. The van der Waals surface area contributed by atoms with E-state index in [1.165, 1.54) is 18.2 Å². The highest BCUT2D eigenvalue weighted by molar-refractivity contribution is 7.99. The average Bonchev–Trinajstić information content (AvgIpc) is 3.02. The van der Waals surface area contributed by atoms with Crippen LogP contribution in [0.25, 0.3) is 10.9 Å². The summed E-state index contributed by atoms with van der Waals surface area (Å²) in [6.45, 7) is 0.444. The number of nitro groups is 1. The van der Waals surface area contributed by atoms with E-state index in [2.05, 4.69) is 10.3 Å². The third-order valence-corrected chi connectivity index (χ3v) is 4.98. The zero-order valence-electron chi connectivity index (χ0n) is 13.0. The summed E-state index contributed by atoms with van der Waals surface area (Å²) >= 11 is 7.38. The van der Waals surface area contributed by atoms with Crippen molar-refractivity contribution in [2.75, 3.05) is 12.3 Å². The number of thioether (sulfide) groups is 1. The largest absolute Gasteiger partial charge is 0.360 e. The second kappa shape index (κ2) is 7.58. The molecule has 0 unspecified atom stereocenters. The number of benzene rings is 2. The number of nitrogens with one attached hydrogen (secondary N) is 2. The number of hydrogen-bond donors (Lipinski definition) is 2. The van der Waals surface area contributed by atoms with Crippen LogP contribution in [0.3, 0.4) is 0 Å². The van der Waals surface area contributed by atoms with Crippen LogP contribution in [0.1, 0.15) is 10.4 Å². The predicted octanol–water partition coefficient (Wildman–Crippen LogP) is 4.25. The van der Waals surface area contributed by atoms with Gasteiger partial charge in [0.15, 0.2) is 0 Å². The predicted molar refractivity (Wildman–Crippen MR) is 99.5 cm³/mol. The summed E-state index contributed by atoms with van der Waals surface area (Å²) in [5.41, 5.74) is 1.01. The van der Waals surface area contributed by atoms with E-state index in [1.54, 1.807) is 11.8 Å². The molecule has 6 nitrogen and oxygen atoms in total. The van der Waals surface area contributed by atoms with E-state index >= 15 is 0 Å². The van der Waals surface area contributed by atoms with Crippen LogP contribution in [0.2, 0.25) is 5.02 Å². The maximum Gasteiger partial charge on any atom is 0.288 e. The summed E-state index contributed by atoms with van der Waals surface area (Å²) in [7, 11) is 0. The number of nitro benzene ring substituents is 1. The minimum absolute atomic E-state index is 0.0106. The number of carbonyl (C=O) groups excluding carboxylic acids is 1. The van der Waals surface area contributed by atoms with Crippen molar-refractivity contribution in [3.63, 3.8) is 0 Å². The van der Waals surface area contributed by atoms with E-state index in [0.29, 0.717) is 12.3 Å². The highest BCUT2D eigenvalue weighted by atomic mass is 35.5. The van der Waals surface area contributed by atoms with Gasteiger partial charge in [-0.05, 0) is 18.2 Å². The van der Waals surface area contributed by atoms with Crippen molar-refractivity contribution in [1.29, 1.82) is 0 Å². The molecule has 3 aromatic rings. The molecule has 0 fully saturated rings. The van der Waals surface area contributed by atoms with E-state index in [4.69, 9.17) is 11.6 Å². The number of para-hydroxylation sites is 1. The van der Waals surface area contributed by atoms with Gasteiger partial charge in [-0.2, -0.15) is 0 Å². The third kappa shape index (κ3) is 3.94. The third-order valence-electron chi connectivity index (χ3n) is 3.60. The van der Waals surface area contributed by atoms with Gasteiger partial charge in [0.2, 0.25) is 0 Å². The summed E-state index contributed by atoms with van der Waals surface area (Å²) < 4.78 is 0. The monoisotopic (exact) mass is 375 g/mol. The minimum atomic E-state index is -0.605. The lowest BCUT2D eigenvalue weighted by Crippen LogP contribution is -2.25. The Balaban J connectivity index is 1.56. The maximum atomic E-state index is 12.1. The first kappa shape index (κ1) is 17.3. The van der Waals surface area contributed by atoms with Crippen molar-refractivity contribution in [3.8, 4) is 0 Å². The summed E-state index contributed by atoms with van der Waals surface area (Å²) in [5.74, 6) is 0.322. The fourth-order valence-corrected chi connectivity index (χ4v) is 3.47. The first-order valence-electron chi connectivity index (χ1n) is 7.47. The number of rotatable bonds is 6. The lowest BCUT2D eigenvalue weighted by Gasteiger charge is -2.05. The molecule has 0 spiro atoms. The lowest BCUT2D eigenvalue weighted by atomic mass is 10.2. The number of carbonyl (C=O) groups is 1. The second-order valence-corrected chi connectivity index (χ2v) is 6.77. The molecule has 1 aromatic heterocycles. The molecule has 2 N–H and O–H groups in total. The highest BCUT2D eigenvalue weighted by Gasteiger charge is 2.16. The van der Waals surface area contributed by atoms with Crippen LogP contribution in [0.15, 0.2) is 53.6 Å². The van der Waals surface area contributed by atoms with Gasteiger partial charge in [-0.25, -0.2) is 0 Å². The molecule has 128 valence electrons. The van der Waals surface area contributed by atoms with Crippen LogP contribution in [0, 0.1) is 10.1 Å². The van der Waals surface area contributed by atoms with E-state index < -0.39 is 4.92 Å². The molecule has 3 rings (SSSR count). The standard InChI is InChI=1S/C17H14ClN3O3S/c18-13-6-5-11(9-15(13)21(23)24)17(22)19-7-8-25-16-10-20-14-4-2-1-3-12(14)16/h1-6,9-10,20H,7-8H2,(H,19,22). The molecule has 2 aromatic carbocycles. The Kier molecular flexibility index (Phi) is 5.25. The van der Waals surface area contributed by atoms with Gasteiger partial charge in [-0.1, -0.05) is 29.8 Å². The topological polar surface area (TPSA) is 88.0 Å². The van der Waals surface area contributed by atoms with Crippen LogP contribution >= 0.6 is 23.4 Å². The smallest absolute Gasteiger partial charge is 0.288 e. The second-order valence-electron chi connectivity index (χ2n) is 5.23. The quantitative estimate of drug-likeness (QED) is 0.292. The molecule has 1 heterocycles. The van der Waals surface area contributed by atoms with Crippen LogP contribution in [0.5, 0.6) is 0 Å². The Hall–Kier alpha value is -2.51. The zero-order chi connectivity index (χ0) is 17.8. The molecular formula is C17H14ClN3O3S. The molecule has 0 aliphatic heterocycles. The van der Waals surface area contributed by atoms with Gasteiger partial charge in [-0.3, -0.25) is 14.9 Å². The maximum absolute atomic E-state index is 12.1. The number of fused-ring (bicyclic) bond motifs is 1. The molecule has 0 atom stereocenters. The Bertz CT molecular complexity index is 942. The van der Waals surface area contributed by atoms with Crippen molar-refractivity contribution in [2.24, 2.45) is 0 Å². The lowest BCUT2D eigenvalue weighted by molar-refractivity contribution is -0.384. The van der Waals surface area contributed by atoms with Crippen molar-refractivity contribution in [3.05, 3.63) is 69.4 Å². The molecule has 0 radical (unpaired) electrons. The van der Waals surface area contributed by atoms with Gasteiger partial charge in [0.25, 0.3) is 11.6 Å². The summed E-state index contributed by atoms with van der Waals surface area (Å²) in [4.78, 5) is 26.7. The van der Waals surface area contributed by atoms with Crippen molar-refractivity contribution >= 4 is 45.9 Å². The number of H-pyrrole nitrogens is 1. The van der Waals surface area contributed by atoms with E-state index in [0.717, 1.165) is 15.8 Å². The molecule has 0 saturated carbocycles. The van der Waals surface area contributed by atoms with Crippen LogP contribution in [-0.2, 0) is 0 Å². The minimum Gasteiger partial charge on any atom is -0.360 e. The molecule has 0 aliphatic rings. The van der Waals surface area contributed by atoms with E-state index in [1.807, 2.05) is 30.5 Å². The van der Waals surface area contributed by atoms with Gasteiger partial charge in [0.1, 0.15) is 5.02 Å². The molecule has 25 heavy (non-hydrogen) atoms. The molecular weight excluding hydrogens is 362 g/mol. The van der Waals surface area contributed by atoms with Crippen LogP contribution < -0.4 is 5.32 Å². The Morgan fingerprint density at radius 1 is 1.28 bits per heavy atom. The first-order chi connectivity index (χ1) is 12.1. The number of aromatic amines is 1. The molecule has 8 heteroatoms. The number of amides is 1. The summed E-state index contributed by atoms with van der Waals surface area (Å²) in [5, 5.41) is 14.8. The Labute approximate surface area is 152 Å². The fraction of sp³-hybridized carbons (Fsp3) is 0.118. The van der Waals surface area contributed by atoms with Crippen LogP contribution in [0.4, 0.5) is 5.69 Å². The number of nitrogens with zero attached hydrogens (tertiary/aromatic N) is 1. The van der Waals surface area contributed by atoms with E-state index in [-0.39, 0.29) is 22.2 Å². The first-order valence-corrected chi connectivity index (χ1v) is 8.83. The number of halogens is 1. The summed E-state index contributed by atoms with van der Waals surface area (Å²) in [6, 6.07) is 12.0. The molecule has 0 bridgehead atoms. The van der Waals surface area contributed by atoms with Gasteiger partial charge in [0.05, 0.1) is 4.92 Å². The Morgan fingerprint density at radius 3 is 2.88 bits per heavy atom. The van der Waals surface area contributed by atoms with Gasteiger partial charge in [0, 0.05) is 45.9 Å². The van der Waals surface area contributed by atoms with Crippen molar-refractivity contribution in [2.45, 2.75) is 4.90 Å². The number of aromatic nitrogens is 1. The Morgan fingerprint density at radius 2 is 2.08 bits per heavy atom. The number of hydrogen-bond acceptors (Lipinski definition) is 4. The molecule has 0 aliphatic carbocycles. The van der Waals surface area contributed by atoms with Gasteiger partial charge < -0.3 is 10.3 Å². The zero-order valence-corrected chi connectivity index (χ0v) is 14.6. The molecule has 1 amide bonds. The molecule has 0 saturated heterocycles. The SMILES string of the molecule is O=C(NCCSc1c[nH]c2ccccc12)c1ccc(Cl)c([N+](=O)[O-])c1. The normalized spacial score (nSPS) is 10.8. The van der Waals surface area contributed by atoms with Crippen molar-refractivity contribution < 1.29 is 9.72 Å². The fourth-order valence-electron chi connectivity index (χ4n) is 2.39. The van der Waals surface area contributed by atoms with Crippen LogP contribution in [-0.4, -0.2) is 28.1 Å². The van der Waals surface area contributed by atoms with E-state index in [9.17, 15) is 14.9 Å².